The molecule has 0 saturated carbocycles. The summed E-state index contributed by atoms with van der Waals surface area (Å²) in [5.41, 5.74) is 4.58. The number of hydrazine groups is 1. The van der Waals surface area contributed by atoms with Gasteiger partial charge in [-0.15, -0.1) is 5.10 Å². The van der Waals surface area contributed by atoms with Crippen LogP contribution in [0.4, 0.5) is 4.48 Å². The summed E-state index contributed by atoms with van der Waals surface area (Å²) in [5.74, 6) is 4.29. The van der Waals surface area contributed by atoms with Crippen LogP contribution in [0.15, 0.2) is 5.10 Å². The van der Waals surface area contributed by atoms with Gasteiger partial charge < -0.3 is 5.73 Å². The molecule has 0 saturated heterocycles. The Morgan fingerprint density at radius 1 is 1.83 bits per heavy atom. The topological polar surface area (TPSA) is 67.6 Å². The number of hydrogen-bond acceptors (Lipinski definition) is 3. The number of hydrogen-bond donors (Lipinski definition) is 2. The van der Waals surface area contributed by atoms with Crippen molar-refractivity contribution in [3.05, 3.63) is 0 Å². The maximum absolute atomic E-state index is 11.0. The molecule has 0 rings (SSSR count). The molecule has 0 fully saturated rings. The highest BCUT2D eigenvalue weighted by atomic mass is 19.2. The summed E-state index contributed by atoms with van der Waals surface area (Å²) in [5, 5.41) is 2.35. The normalized spacial score (nSPS) is 9.67. The maximum atomic E-state index is 11.0. The lowest BCUT2D eigenvalue weighted by atomic mass is 11.4. The molecule has 0 bridgehead atoms. The molecule has 5 heteroatoms. The lowest BCUT2D eigenvalue weighted by Crippen LogP contribution is -2.14. The molecule has 0 spiro atoms. The summed E-state index contributed by atoms with van der Waals surface area (Å²) < 4.78 is 11.0. The number of hydrazone groups is 1. The Morgan fingerprint density at radius 3 is 2.33 bits per heavy atom. The lowest BCUT2D eigenvalue weighted by molar-refractivity contribution is 0.0292. The Bertz CT molecular complexity index is 49.5. The Morgan fingerprint density at radius 2 is 2.33 bits per heavy atom. The van der Waals surface area contributed by atoms with E-state index < -0.39 is 0 Å². The van der Waals surface area contributed by atoms with Gasteiger partial charge in [0.25, 0.3) is 0 Å². The van der Waals surface area contributed by atoms with Gasteiger partial charge in [-0.05, 0) is 0 Å². The van der Waals surface area contributed by atoms with Crippen LogP contribution >= 0.6 is 0 Å². The van der Waals surface area contributed by atoms with E-state index >= 15 is 0 Å². The average molecular weight is 92.1 g/mol. The van der Waals surface area contributed by atoms with Crippen molar-refractivity contribution in [1.82, 2.24) is 5.34 Å². The van der Waals surface area contributed by atoms with Gasteiger partial charge in [-0.25, -0.2) is 5.84 Å². The van der Waals surface area contributed by atoms with E-state index in [1.807, 2.05) is 0 Å². The van der Waals surface area contributed by atoms with E-state index in [0.717, 1.165) is 6.34 Å². The average Bonchev–Trinajstić information content (AvgIpc) is 1.35. The molecule has 0 aliphatic heterocycles. The Labute approximate surface area is 34.1 Å². The molecule has 0 aromatic rings. The third-order valence-electron chi connectivity index (χ3n) is 0.177. The molecule has 4 N–H and O–H groups in total. The largest absolute Gasteiger partial charge is 0.388 e. The Hall–Kier alpha value is -0.840. The zero-order chi connectivity index (χ0) is 4.99. The summed E-state index contributed by atoms with van der Waals surface area (Å²) in [6, 6.07) is 0. The van der Waals surface area contributed by atoms with Crippen LogP contribution < -0.4 is 11.6 Å². The van der Waals surface area contributed by atoms with Crippen LogP contribution in [0.5, 0.6) is 0 Å². The van der Waals surface area contributed by atoms with Crippen molar-refractivity contribution in [2.75, 3.05) is 0 Å². The van der Waals surface area contributed by atoms with Crippen molar-refractivity contribution in [1.29, 1.82) is 0 Å². The second kappa shape index (κ2) is 2.40. The zero-order valence-corrected chi connectivity index (χ0v) is 3.00. The van der Waals surface area contributed by atoms with E-state index in [0.29, 0.717) is 0 Å². The first-order valence-electron chi connectivity index (χ1n) is 1.22. The molecule has 6 heavy (non-hydrogen) atoms. The highest BCUT2D eigenvalue weighted by molar-refractivity contribution is 5.50. The third kappa shape index (κ3) is 3.16. The van der Waals surface area contributed by atoms with E-state index in [9.17, 15) is 4.48 Å². The van der Waals surface area contributed by atoms with Crippen molar-refractivity contribution in [3.8, 4) is 0 Å². The van der Waals surface area contributed by atoms with Gasteiger partial charge in [-0.2, -0.15) is 0 Å². The van der Waals surface area contributed by atoms with Gasteiger partial charge in [0.15, 0.2) is 0 Å². The van der Waals surface area contributed by atoms with E-state index in [1.54, 1.807) is 0 Å². The van der Waals surface area contributed by atoms with Crippen molar-refractivity contribution in [3.63, 3.8) is 0 Å². The predicted molar refractivity (Wildman–Crippen MR) is 19.8 cm³/mol. The fourth-order valence-electron chi connectivity index (χ4n) is 0.0637. The number of nitrogens with two attached hydrogens (primary N) is 2. The first-order valence-corrected chi connectivity index (χ1v) is 1.22. The summed E-state index contributed by atoms with van der Waals surface area (Å²) >= 11 is 0. The van der Waals surface area contributed by atoms with Gasteiger partial charge in [-0.1, -0.05) is 9.82 Å². The van der Waals surface area contributed by atoms with Gasteiger partial charge >= 0.3 is 0 Å². The van der Waals surface area contributed by atoms with E-state index in [1.165, 1.54) is 0 Å². The first-order chi connectivity index (χ1) is 2.77. The van der Waals surface area contributed by atoms with E-state index in [4.69, 9.17) is 0 Å². The molecule has 0 aromatic carbocycles. The van der Waals surface area contributed by atoms with Crippen LogP contribution in [0, 0.1) is 0 Å². The van der Waals surface area contributed by atoms with Gasteiger partial charge in [0, 0.05) is 0 Å². The molecule has 0 radical (unpaired) electrons. The second-order valence-corrected chi connectivity index (χ2v) is 0.553. The highest BCUT2D eigenvalue weighted by Gasteiger charge is 1.73. The molecule has 0 aliphatic rings. The molecule has 4 nitrogen and oxygen atoms in total. The van der Waals surface area contributed by atoms with Gasteiger partial charge in [0.1, 0.15) is 6.34 Å². The SMILES string of the molecule is N/C=N\N(N)F. The van der Waals surface area contributed by atoms with Crippen molar-refractivity contribution in [2.24, 2.45) is 16.7 Å². The van der Waals surface area contributed by atoms with Crippen LogP contribution in [-0.4, -0.2) is 11.7 Å². The smallest absolute Gasteiger partial charge is 0.110 e. The minimum atomic E-state index is -0.375. The van der Waals surface area contributed by atoms with Crippen LogP contribution in [0.1, 0.15) is 0 Å². The molecule has 0 unspecified atom stereocenters. The highest BCUT2D eigenvalue weighted by Crippen LogP contribution is 1.69. The molecule has 0 heterocycles. The minimum Gasteiger partial charge on any atom is -0.388 e. The standard InChI is InChI=1S/CH5FN4/c2-6(4)5-1-3/h1H,4H2,(H2,3,5). The Kier molecular flexibility index (Phi) is 2.06. The van der Waals surface area contributed by atoms with Crippen LogP contribution in [0.3, 0.4) is 0 Å². The van der Waals surface area contributed by atoms with E-state index in [2.05, 4.69) is 16.7 Å². The lowest BCUT2D eigenvalue weighted by Gasteiger charge is -1.90. The van der Waals surface area contributed by atoms with Crippen LogP contribution in [0.2, 0.25) is 0 Å². The van der Waals surface area contributed by atoms with Gasteiger partial charge in [0.2, 0.25) is 0 Å². The predicted octanol–water partition coefficient (Wildman–Crippen LogP) is -1.05. The first kappa shape index (κ1) is 5.16. The summed E-state index contributed by atoms with van der Waals surface area (Å²) in [6.45, 7) is 0. The maximum Gasteiger partial charge on any atom is 0.110 e. The van der Waals surface area contributed by atoms with Crippen LogP contribution in [-0.2, 0) is 0 Å². The fraction of sp³-hybridized carbons (Fsp3) is 0. The third-order valence-corrected chi connectivity index (χ3v) is 0.177. The number of rotatable bonds is 1. The molecule has 0 amide bonds. The summed E-state index contributed by atoms with van der Waals surface area (Å²) in [6.07, 6.45) is 0.750. The quantitative estimate of drug-likeness (QED) is 0.142. The van der Waals surface area contributed by atoms with Crippen molar-refractivity contribution in [2.45, 2.75) is 0 Å². The number of nitrogens with zero attached hydrogens (tertiary/aromatic N) is 2. The number of halogens is 1. The van der Waals surface area contributed by atoms with Gasteiger partial charge in [-0.3, -0.25) is 0 Å². The van der Waals surface area contributed by atoms with Crippen LogP contribution in [0.25, 0.3) is 0 Å². The molecular formula is CH5FN4. The fourth-order valence-corrected chi connectivity index (χ4v) is 0.0637. The molecule has 36 valence electrons. The van der Waals surface area contributed by atoms with Crippen molar-refractivity contribution < 1.29 is 4.48 Å². The summed E-state index contributed by atoms with van der Waals surface area (Å²) in [7, 11) is 0. The second-order valence-electron chi connectivity index (χ2n) is 0.553. The summed E-state index contributed by atoms with van der Waals surface area (Å²) in [4.78, 5) is 0. The molecule has 0 aromatic heterocycles. The molecular weight excluding hydrogens is 87.0 g/mol. The molecule has 0 aliphatic carbocycles. The zero-order valence-electron chi connectivity index (χ0n) is 3.00. The van der Waals surface area contributed by atoms with Gasteiger partial charge in [0.05, 0.1) is 0 Å². The molecule has 0 atom stereocenters. The van der Waals surface area contributed by atoms with Crippen molar-refractivity contribution >= 4 is 6.34 Å². The van der Waals surface area contributed by atoms with E-state index in [-0.39, 0.29) is 5.34 Å². The Balaban J connectivity index is 3.03. The minimum absolute atomic E-state index is 0.375. The monoisotopic (exact) mass is 92.0 g/mol.